The number of unbranched alkanes of at least 4 members (excludes halogenated alkanes) is 1. The normalized spacial score (nSPS) is 12.1. The molecule has 20 heavy (non-hydrogen) atoms. The van der Waals surface area contributed by atoms with E-state index < -0.39 is 10.0 Å². The Kier molecular flexibility index (Phi) is 6.10. The molecule has 0 radical (unpaired) electrons. The van der Waals surface area contributed by atoms with Crippen molar-refractivity contribution in [2.75, 3.05) is 20.6 Å². The fraction of sp³-hybridized carbons (Fsp3) is 0.571. The predicted octanol–water partition coefficient (Wildman–Crippen LogP) is 2.27. The average molecular weight is 302 g/mol. The van der Waals surface area contributed by atoms with Crippen molar-refractivity contribution in [3.63, 3.8) is 0 Å². The second-order valence-electron chi connectivity index (χ2n) is 4.92. The van der Waals surface area contributed by atoms with E-state index in [0.29, 0.717) is 24.2 Å². The van der Waals surface area contributed by atoms with E-state index >= 15 is 0 Å². The highest BCUT2D eigenvalue weighted by Gasteiger charge is 2.22. The second kappa shape index (κ2) is 7.15. The van der Waals surface area contributed by atoms with Gasteiger partial charge in [-0.3, -0.25) is 0 Å². The molecule has 1 rings (SSSR count). The van der Waals surface area contributed by atoms with Gasteiger partial charge in [0, 0.05) is 25.7 Å². The van der Waals surface area contributed by atoms with Crippen LogP contribution in [0, 0.1) is 12.7 Å². The summed E-state index contributed by atoms with van der Waals surface area (Å²) >= 11 is 0. The summed E-state index contributed by atoms with van der Waals surface area (Å²) in [6, 6.07) is 2.81. The van der Waals surface area contributed by atoms with Crippen LogP contribution in [0.2, 0.25) is 0 Å². The Hall–Kier alpha value is -0.980. The molecule has 4 nitrogen and oxygen atoms in total. The lowest BCUT2D eigenvalue weighted by molar-refractivity contribution is 0.459. The first-order valence-corrected chi connectivity index (χ1v) is 8.18. The third kappa shape index (κ3) is 3.77. The number of benzene rings is 1. The topological polar surface area (TPSA) is 49.4 Å². The molecule has 0 aliphatic carbocycles. The van der Waals surface area contributed by atoms with Crippen LogP contribution in [0.15, 0.2) is 17.0 Å². The number of sulfonamides is 1. The minimum absolute atomic E-state index is 0.153. The highest BCUT2D eigenvalue weighted by atomic mass is 32.2. The largest absolute Gasteiger partial charge is 0.316 e. The number of rotatable bonds is 7. The van der Waals surface area contributed by atoms with Crippen LogP contribution in [0.25, 0.3) is 0 Å². The van der Waals surface area contributed by atoms with Gasteiger partial charge in [-0.15, -0.1) is 0 Å². The summed E-state index contributed by atoms with van der Waals surface area (Å²) in [5.74, 6) is -0.352. The summed E-state index contributed by atoms with van der Waals surface area (Å²) < 4.78 is 40.1. The van der Waals surface area contributed by atoms with Gasteiger partial charge in [-0.1, -0.05) is 13.3 Å². The van der Waals surface area contributed by atoms with Crippen molar-refractivity contribution in [3.8, 4) is 0 Å². The molecule has 0 saturated heterocycles. The van der Waals surface area contributed by atoms with Gasteiger partial charge in [-0.05, 0) is 38.1 Å². The number of hydrogen-bond acceptors (Lipinski definition) is 3. The van der Waals surface area contributed by atoms with Crippen molar-refractivity contribution < 1.29 is 12.8 Å². The Labute approximate surface area is 121 Å². The van der Waals surface area contributed by atoms with E-state index in [1.807, 2.05) is 6.92 Å². The third-order valence-electron chi connectivity index (χ3n) is 3.21. The summed E-state index contributed by atoms with van der Waals surface area (Å²) in [6.45, 7) is 4.36. The number of nitrogens with one attached hydrogen (secondary N) is 1. The van der Waals surface area contributed by atoms with Gasteiger partial charge in [-0.2, -0.15) is 0 Å². The lowest BCUT2D eigenvalue weighted by Gasteiger charge is -2.18. The molecule has 0 bridgehead atoms. The molecular weight excluding hydrogens is 279 g/mol. The van der Waals surface area contributed by atoms with Gasteiger partial charge < -0.3 is 5.32 Å². The molecule has 6 heteroatoms. The van der Waals surface area contributed by atoms with E-state index in [0.717, 1.165) is 12.8 Å². The van der Waals surface area contributed by atoms with Crippen molar-refractivity contribution >= 4 is 10.0 Å². The standard InChI is InChI=1S/C14H23FN2O2S/c1-5-6-7-17(4)20(18,19)13-8-11(2)14(15)12(9-13)10-16-3/h8-9,16H,5-7,10H2,1-4H3. The molecule has 114 valence electrons. The first-order chi connectivity index (χ1) is 9.34. The molecule has 0 spiro atoms. The fourth-order valence-corrected chi connectivity index (χ4v) is 3.30. The van der Waals surface area contributed by atoms with Crippen molar-refractivity contribution in [2.45, 2.75) is 38.1 Å². The smallest absolute Gasteiger partial charge is 0.242 e. The molecule has 0 heterocycles. The summed E-state index contributed by atoms with van der Waals surface area (Å²) in [5, 5.41) is 2.85. The lowest BCUT2D eigenvalue weighted by Crippen LogP contribution is -2.28. The van der Waals surface area contributed by atoms with Crippen LogP contribution in [0.3, 0.4) is 0 Å². The number of aryl methyl sites for hydroxylation is 1. The Balaban J connectivity index is 3.18. The molecule has 0 amide bonds. The molecular formula is C14H23FN2O2S. The zero-order chi connectivity index (χ0) is 15.3. The summed E-state index contributed by atoms with van der Waals surface area (Å²) in [6.07, 6.45) is 1.73. The van der Waals surface area contributed by atoms with E-state index in [2.05, 4.69) is 5.32 Å². The Bertz CT molecular complexity index is 559. The second-order valence-corrected chi connectivity index (χ2v) is 6.97. The van der Waals surface area contributed by atoms with Gasteiger partial charge in [0.25, 0.3) is 0 Å². The van der Waals surface area contributed by atoms with Crippen molar-refractivity contribution in [1.29, 1.82) is 0 Å². The molecule has 0 aliphatic rings. The van der Waals surface area contributed by atoms with Gasteiger partial charge >= 0.3 is 0 Å². The van der Waals surface area contributed by atoms with Gasteiger partial charge in [0.05, 0.1) is 4.90 Å². The average Bonchev–Trinajstić information content (AvgIpc) is 2.40. The van der Waals surface area contributed by atoms with Crippen LogP contribution >= 0.6 is 0 Å². The maximum atomic E-state index is 13.9. The van der Waals surface area contributed by atoms with E-state index in [9.17, 15) is 12.8 Å². The van der Waals surface area contributed by atoms with Crippen LogP contribution in [0.4, 0.5) is 4.39 Å². The Morgan fingerprint density at radius 3 is 2.55 bits per heavy atom. The van der Waals surface area contributed by atoms with E-state index in [4.69, 9.17) is 0 Å². The number of nitrogens with zero attached hydrogens (tertiary/aromatic N) is 1. The van der Waals surface area contributed by atoms with Gasteiger partial charge in [0.2, 0.25) is 10.0 Å². The van der Waals surface area contributed by atoms with Crippen LogP contribution in [0.5, 0.6) is 0 Å². The molecule has 0 atom stereocenters. The molecule has 0 aromatic heterocycles. The zero-order valence-electron chi connectivity index (χ0n) is 12.5. The SMILES string of the molecule is CCCCN(C)S(=O)(=O)c1cc(C)c(F)c(CNC)c1. The minimum atomic E-state index is -3.55. The number of halogens is 1. The van der Waals surface area contributed by atoms with Gasteiger partial charge in [0.15, 0.2) is 0 Å². The summed E-state index contributed by atoms with van der Waals surface area (Å²) in [7, 11) is -0.298. The minimum Gasteiger partial charge on any atom is -0.316 e. The zero-order valence-corrected chi connectivity index (χ0v) is 13.3. The highest BCUT2D eigenvalue weighted by Crippen LogP contribution is 2.22. The fourth-order valence-electron chi connectivity index (χ4n) is 1.96. The van der Waals surface area contributed by atoms with Gasteiger partial charge in [0.1, 0.15) is 5.82 Å². The number of hydrogen-bond donors (Lipinski definition) is 1. The predicted molar refractivity (Wildman–Crippen MR) is 78.6 cm³/mol. The Morgan fingerprint density at radius 2 is 2.00 bits per heavy atom. The first kappa shape index (κ1) is 17.1. The monoisotopic (exact) mass is 302 g/mol. The molecule has 0 aliphatic heterocycles. The van der Waals surface area contributed by atoms with E-state index in [1.165, 1.54) is 16.4 Å². The molecule has 1 N–H and O–H groups in total. The summed E-state index contributed by atoms with van der Waals surface area (Å²) in [4.78, 5) is 0.153. The molecule has 1 aromatic carbocycles. The highest BCUT2D eigenvalue weighted by molar-refractivity contribution is 7.89. The van der Waals surface area contributed by atoms with E-state index in [1.54, 1.807) is 21.0 Å². The van der Waals surface area contributed by atoms with Crippen molar-refractivity contribution in [2.24, 2.45) is 0 Å². The van der Waals surface area contributed by atoms with Crippen LogP contribution in [0.1, 0.15) is 30.9 Å². The van der Waals surface area contributed by atoms with Crippen LogP contribution in [-0.2, 0) is 16.6 Å². The van der Waals surface area contributed by atoms with E-state index in [-0.39, 0.29) is 10.7 Å². The quantitative estimate of drug-likeness (QED) is 0.840. The van der Waals surface area contributed by atoms with Gasteiger partial charge in [-0.25, -0.2) is 17.1 Å². The first-order valence-electron chi connectivity index (χ1n) is 6.74. The maximum absolute atomic E-state index is 13.9. The molecule has 0 fully saturated rings. The molecule has 0 unspecified atom stereocenters. The van der Waals surface area contributed by atoms with Crippen molar-refractivity contribution in [1.82, 2.24) is 9.62 Å². The van der Waals surface area contributed by atoms with Crippen LogP contribution < -0.4 is 5.32 Å². The lowest BCUT2D eigenvalue weighted by atomic mass is 10.1. The maximum Gasteiger partial charge on any atom is 0.242 e. The third-order valence-corrected chi connectivity index (χ3v) is 5.04. The Morgan fingerprint density at radius 1 is 1.35 bits per heavy atom. The summed E-state index contributed by atoms with van der Waals surface area (Å²) in [5.41, 5.74) is 0.718. The molecule has 0 saturated carbocycles. The molecule has 1 aromatic rings. The van der Waals surface area contributed by atoms with Crippen molar-refractivity contribution in [3.05, 3.63) is 29.1 Å². The van der Waals surface area contributed by atoms with Crippen LogP contribution in [-0.4, -0.2) is 33.4 Å².